The molecule has 1 aromatic carbocycles. The van der Waals surface area contributed by atoms with E-state index in [4.69, 9.17) is 4.74 Å². The van der Waals surface area contributed by atoms with E-state index in [1.807, 2.05) is 19.1 Å². The fraction of sp³-hybridized carbons (Fsp3) is 0.381. The van der Waals surface area contributed by atoms with Crippen LogP contribution in [0.2, 0.25) is 0 Å². The van der Waals surface area contributed by atoms with Crippen LogP contribution in [0.15, 0.2) is 42.6 Å². The summed E-state index contributed by atoms with van der Waals surface area (Å²) in [5.41, 5.74) is 2.00. The molecule has 0 spiro atoms. The molecule has 3 rings (SSSR count). The Balaban J connectivity index is 1.45. The van der Waals surface area contributed by atoms with Gasteiger partial charge in [-0.05, 0) is 55.2 Å². The van der Waals surface area contributed by atoms with Gasteiger partial charge in [0.05, 0.1) is 12.2 Å². The smallest absolute Gasteiger partial charge is 0.338 e. The van der Waals surface area contributed by atoms with Crippen molar-refractivity contribution in [3.05, 3.63) is 53.7 Å². The standard InChI is InChI=1S/C21H26N4O3/c1-2-13-28-20(26)17-6-8-18(9-7-17)24-21(27)23-15-16-5-10-19(22-14-16)25-11-3-4-12-25/h5-10,14H,2-4,11-13,15H2,1H3,(H2,23,24,27). The Labute approximate surface area is 165 Å². The number of carbonyl (C=O) groups is 2. The third-order valence-electron chi connectivity index (χ3n) is 4.51. The number of carbonyl (C=O) groups excluding carboxylic acids is 2. The number of esters is 1. The summed E-state index contributed by atoms with van der Waals surface area (Å²) in [6, 6.07) is 10.3. The van der Waals surface area contributed by atoms with Crippen LogP contribution in [-0.4, -0.2) is 36.7 Å². The van der Waals surface area contributed by atoms with E-state index >= 15 is 0 Å². The average Bonchev–Trinajstić information content (AvgIpc) is 3.26. The average molecular weight is 382 g/mol. The zero-order chi connectivity index (χ0) is 19.8. The molecule has 0 aliphatic carbocycles. The van der Waals surface area contributed by atoms with Crippen LogP contribution >= 0.6 is 0 Å². The van der Waals surface area contributed by atoms with Crippen molar-refractivity contribution in [2.24, 2.45) is 0 Å². The summed E-state index contributed by atoms with van der Waals surface area (Å²) in [7, 11) is 0. The number of nitrogens with one attached hydrogen (secondary N) is 2. The van der Waals surface area contributed by atoms with E-state index < -0.39 is 0 Å². The third-order valence-corrected chi connectivity index (χ3v) is 4.51. The van der Waals surface area contributed by atoms with E-state index in [9.17, 15) is 9.59 Å². The number of aromatic nitrogens is 1. The first-order valence-corrected chi connectivity index (χ1v) is 9.67. The summed E-state index contributed by atoms with van der Waals surface area (Å²) in [6.07, 6.45) is 5.00. The molecule has 1 aromatic heterocycles. The van der Waals surface area contributed by atoms with Gasteiger partial charge in [-0.2, -0.15) is 0 Å². The minimum absolute atomic E-state index is 0.315. The van der Waals surface area contributed by atoms with Crippen molar-refractivity contribution in [1.29, 1.82) is 0 Å². The summed E-state index contributed by atoms with van der Waals surface area (Å²) in [4.78, 5) is 30.6. The second-order valence-corrected chi connectivity index (χ2v) is 6.74. The molecule has 0 bridgehead atoms. The van der Waals surface area contributed by atoms with E-state index in [1.165, 1.54) is 12.8 Å². The number of hydrogen-bond donors (Lipinski definition) is 2. The third kappa shape index (κ3) is 5.45. The van der Waals surface area contributed by atoms with Crippen LogP contribution < -0.4 is 15.5 Å². The Kier molecular flexibility index (Phi) is 6.84. The molecule has 2 aromatic rings. The molecule has 7 heteroatoms. The molecule has 1 aliphatic rings. The van der Waals surface area contributed by atoms with Gasteiger partial charge < -0.3 is 20.3 Å². The van der Waals surface area contributed by atoms with Gasteiger partial charge in [0.1, 0.15) is 5.82 Å². The maximum absolute atomic E-state index is 12.1. The number of rotatable bonds is 7. The highest BCUT2D eigenvalue weighted by molar-refractivity contribution is 5.92. The molecular formula is C21H26N4O3. The summed E-state index contributed by atoms with van der Waals surface area (Å²) in [5.74, 6) is 0.631. The highest BCUT2D eigenvalue weighted by Crippen LogP contribution is 2.17. The lowest BCUT2D eigenvalue weighted by Crippen LogP contribution is -2.28. The number of amides is 2. The second kappa shape index (κ2) is 9.73. The van der Waals surface area contributed by atoms with Crippen LogP contribution in [0.5, 0.6) is 0 Å². The molecule has 7 nitrogen and oxygen atoms in total. The molecule has 0 atom stereocenters. The second-order valence-electron chi connectivity index (χ2n) is 6.74. The molecule has 0 radical (unpaired) electrons. The van der Waals surface area contributed by atoms with Crippen LogP contribution in [0.3, 0.4) is 0 Å². The van der Waals surface area contributed by atoms with Crippen LogP contribution in [0.25, 0.3) is 0 Å². The molecule has 1 saturated heterocycles. The predicted octanol–water partition coefficient (Wildman–Crippen LogP) is 3.57. The van der Waals surface area contributed by atoms with Gasteiger partial charge in [-0.3, -0.25) is 0 Å². The number of urea groups is 1. The van der Waals surface area contributed by atoms with Crippen LogP contribution in [0.4, 0.5) is 16.3 Å². The molecule has 1 aliphatic heterocycles. The molecule has 2 amide bonds. The van der Waals surface area contributed by atoms with Gasteiger partial charge in [-0.1, -0.05) is 13.0 Å². The fourth-order valence-corrected chi connectivity index (χ4v) is 2.98. The van der Waals surface area contributed by atoms with Gasteiger partial charge in [0.2, 0.25) is 0 Å². The lowest BCUT2D eigenvalue weighted by Gasteiger charge is -2.16. The lowest BCUT2D eigenvalue weighted by atomic mass is 10.2. The van der Waals surface area contributed by atoms with Gasteiger partial charge in [0, 0.05) is 31.5 Å². The lowest BCUT2D eigenvalue weighted by molar-refractivity contribution is 0.0505. The maximum atomic E-state index is 12.1. The molecule has 1 fully saturated rings. The van der Waals surface area contributed by atoms with E-state index in [-0.39, 0.29) is 12.0 Å². The van der Waals surface area contributed by atoms with Crippen molar-refractivity contribution >= 4 is 23.5 Å². The van der Waals surface area contributed by atoms with Crippen molar-refractivity contribution in [3.63, 3.8) is 0 Å². The number of hydrogen-bond acceptors (Lipinski definition) is 5. The Morgan fingerprint density at radius 3 is 2.50 bits per heavy atom. The van der Waals surface area contributed by atoms with Gasteiger partial charge in [-0.25, -0.2) is 14.6 Å². The van der Waals surface area contributed by atoms with Crippen LogP contribution in [-0.2, 0) is 11.3 Å². The molecule has 0 unspecified atom stereocenters. The number of benzene rings is 1. The molecule has 28 heavy (non-hydrogen) atoms. The Morgan fingerprint density at radius 1 is 1.11 bits per heavy atom. The van der Waals surface area contributed by atoms with Gasteiger partial charge in [-0.15, -0.1) is 0 Å². The van der Waals surface area contributed by atoms with Crippen molar-refractivity contribution in [2.45, 2.75) is 32.7 Å². The Hall–Kier alpha value is -3.09. The largest absolute Gasteiger partial charge is 0.462 e. The van der Waals surface area contributed by atoms with E-state index in [0.29, 0.717) is 24.4 Å². The summed E-state index contributed by atoms with van der Waals surface area (Å²) in [5, 5.41) is 5.55. The summed E-state index contributed by atoms with van der Waals surface area (Å²) in [6.45, 7) is 4.84. The Bertz CT molecular complexity index is 784. The van der Waals surface area contributed by atoms with E-state index in [0.717, 1.165) is 30.9 Å². The van der Waals surface area contributed by atoms with Gasteiger partial charge >= 0.3 is 12.0 Å². The number of pyridine rings is 1. The number of nitrogens with zero attached hydrogens (tertiary/aromatic N) is 2. The molecule has 148 valence electrons. The zero-order valence-electron chi connectivity index (χ0n) is 16.1. The molecular weight excluding hydrogens is 356 g/mol. The first kappa shape index (κ1) is 19.7. The van der Waals surface area contributed by atoms with Crippen molar-refractivity contribution in [1.82, 2.24) is 10.3 Å². The molecule has 2 N–H and O–H groups in total. The van der Waals surface area contributed by atoms with Gasteiger partial charge in [0.15, 0.2) is 0 Å². The molecule has 2 heterocycles. The fourth-order valence-electron chi connectivity index (χ4n) is 2.98. The molecule has 0 saturated carbocycles. The normalized spacial score (nSPS) is 13.2. The Morgan fingerprint density at radius 2 is 1.86 bits per heavy atom. The number of anilines is 2. The number of ether oxygens (including phenoxy) is 1. The topological polar surface area (TPSA) is 83.6 Å². The van der Waals surface area contributed by atoms with E-state index in [2.05, 4.69) is 20.5 Å². The van der Waals surface area contributed by atoms with Crippen molar-refractivity contribution in [3.8, 4) is 0 Å². The maximum Gasteiger partial charge on any atom is 0.338 e. The van der Waals surface area contributed by atoms with Crippen LogP contribution in [0.1, 0.15) is 42.1 Å². The quantitative estimate of drug-likeness (QED) is 0.715. The summed E-state index contributed by atoms with van der Waals surface area (Å²) < 4.78 is 5.08. The predicted molar refractivity (Wildman–Crippen MR) is 109 cm³/mol. The van der Waals surface area contributed by atoms with E-state index in [1.54, 1.807) is 30.5 Å². The van der Waals surface area contributed by atoms with Crippen LogP contribution in [0, 0.1) is 0 Å². The zero-order valence-corrected chi connectivity index (χ0v) is 16.1. The highest BCUT2D eigenvalue weighted by atomic mass is 16.5. The van der Waals surface area contributed by atoms with Crippen molar-refractivity contribution < 1.29 is 14.3 Å². The monoisotopic (exact) mass is 382 g/mol. The minimum atomic E-state index is -0.359. The summed E-state index contributed by atoms with van der Waals surface area (Å²) >= 11 is 0. The first-order valence-electron chi connectivity index (χ1n) is 9.67. The minimum Gasteiger partial charge on any atom is -0.462 e. The highest BCUT2D eigenvalue weighted by Gasteiger charge is 2.13. The van der Waals surface area contributed by atoms with Crippen molar-refractivity contribution in [2.75, 3.05) is 29.9 Å². The SMILES string of the molecule is CCCOC(=O)c1ccc(NC(=O)NCc2ccc(N3CCCC3)nc2)cc1. The van der Waals surface area contributed by atoms with Gasteiger partial charge in [0.25, 0.3) is 0 Å². The first-order chi connectivity index (χ1) is 13.7.